The molecule has 0 bridgehead atoms. The quantitative estimate of drug-likeness (QED) is 0.312. The predicted molar refractivity (Wildman–Crippen MR) is 175 cm³/mol. The Balaban J connectivity index is 1.62. The molecule has 44 heavy (non-hydrogen) atoms. The van der Waals surface area contributed by atoms with Crippen LogP contribution in [0.3, 0.4) is 0 Å². The molecule has 2 fully saturated rings. The fraction of sp³-hybridized carbons (Fsp3) is 0.583. The molecule has 8 heteroatoms. The molecule has 3 heterocycles. The Labute approximate surface area is 263 Å². The van der Waals surface area contributed by atoms with E-state index in [-0.39, 0.29) is 30.9 Å². The molecule has 0 aromatic heterocycles. The number of hydrogen-bond donors (Lipinski definition) is 2. The van der Waals surface area contributed by atoms with Crippen molar-refractivity contribution in [2.45, 2.75) is 104 Å². The second-order valence-corrected chi connectivity index (χ2v) is 13.0. The van der Waals surface area contributed by atoms with Gasteiger partial charge in [0.25, 0.3) is 5.91 Å². The Morgan fingerprint density at radius 2 is 1.84 bits per heavy atom. The Bertz CT molecular complexity index is 1300. The summed E-state index contributed by atoms with van der Waals surface area (Å²) in [7, 11) is 0. The third-order valence-corrected chi connectivity index (χ3v) is 9.39. The molecule has 240 valence electrons. The molecule has 3 amide bonds. The van der Waals surface area contributed by atoms with Crippen LogP contribution in [0.15, 0.2) is 53.6 Å². The number of carbonyl (C=O) groups is 3. The summed E-state index contributed by atoms with van der Waals surface area (Å²) in [5.74, 6) is -1.03. The number of likely N-dealkylation sites (tertiary alicyclic amines) is 1. The maximum absolute atomic E-state index is 14.1. The second-order valence-electron chi connectivity index (χ2n) is 13.0. The molecule has 2 N–H and O–H groups in total. The monoisotopic (exact) mass is 605 g/mol. The van der Waals surface area contributed by atoms with Crippen molar-refractivity contribution in [1.29, 1.82) is 0 Å². The van der Waals surface area contributed by atoms with Crippen LogP contribution in [0.25, 0.3) is 0 Å². The van der Waals surface area contributed by atoms with Gasteiger partial charge in [0, 0.05) is 49.6 Å². The van der Waals surface area contributed by atoms with Gasteiger partial charge in [0.15, 0.2) is 5.60 Å². The molecule has 0 unspecified atom stereocenters. The Hall–Kier alpha value is -3.23. The molecule has 0 aliphatic carbocycles. The van der Waals surface area contributed by atoms with E-state index in [4.69, 9.17) is 0 Å². The van der Waals surface area contributed by atoms with Crippen LogP contribution in [0.1, 0.15) is 97.5 Å². The number of amides is 3. The number of carbonyl (C=O) groups excluding carboxylic acids is 3. The van der Waals surface area contributed by atoms with Crippen LogP contribution in [0.4, 0.5) is 11.4 Å². The van der Waals surface area contributed by atoms with Crippen LogP contribution in [-0.4, -0.2) is 65.1 Å². The molecule has 1 aromatic carbocycles. The molecule has 3 aliphatic rings. The summed E-state index contributed by atoms with van der Waals surface area (Å²) in [6.07, 6.45) is 15.8. The summed E-state index contributed by atoms with van der Waals surface area (Å²) in [4.78, 5) is 45.2. The first-order valence-corrected chi connectivity index (χ1v) is 16.4. The molecule has 0 saturated carbocycles. The van der Waals surface area contributed by atoms with Gasteiger partial charge in [0.05, 0.1) is 18.3 Å². The van der Waals surface area contributed by atoms with E-state index in [2.05, 4.69) is 32.9 Å². The van der Waals surface area contributed by atoms with Crippen molar-refractivity contribution in [3.8, 4) is 0 Å². The summed E-state index contributed by atoms with van der Waals surface area (Å²) in [5.41, 5.74) is 2.44. The minimum atomic E-state index is -1.85. The van der Waals surface area contributed by atoms with Gasteiger partial charge in [-0.3, -0.25) is 14.4 Å². The Kier molecular flexibility index (Phi) is 11.6. The van der Waals surface area contributed by atoms with Gasteiger partial charge in [-0.05, 0) is 77.5 Å². The maximum Gasteiger partial charge on any atom is 0.264 e. The lowest BCUT2D eigenvalue weighted by Crippen LogP contribution is -2.44. The van der Waals surface area contributed by atoms with E-state index in [9.17, 15) is 24.6 Å². The first-order chi connectivity index (χ1) is 21.1. The lowest BCUT2D eigenvalue weighted by atomic mass is 9.82. The van der Waals surface area contributed by atoms with E-state index in [1.807, 2.05) is 18.2 Å². The summed E-state index contributed by atoms with van der Waals surface area (Å²) < 4.78 is 0. The minimum absolute atomic E-state index is 0.0442. The van der Waals surface area contributed by atoms with Crippen molar-refractivity contribution in [2.24, 2.45) is 5.92 Å². The number of fused-ring (bicyclic) bond motifs is 1. The number of nitrogens with zero attached hydrogens (tertiary/aromatic N) is 3. The van der Waals surface area contributed by atoms with Gasteiger partial charge < -0.3 is 24.9 Å². The summed E-state index contributed by atoms with van der Waals surface area (Å²) in [6.45, 7) is 9.57. The average molecular weight is 606 g/mol. The number of aliphatic hydroxyl groups is 2. The standard InChI is InChI=1S/C36H51N3O5/c1-26(2)12-9-13-27(3)20-23-39-32-19-18-29(37-21-8-6-5-7-16-33(37)41)24-31(32)36(44,35(39)43)28(4)14-10-17-34(42)38-22-11-15-30(38)25-40/h10,12,14,18-20,24,28,30,40,44H,5-9,11,13,15-17,21-23,25H2,1-4H3/b14-10+,27-20+/t28-,30-,36+/m0/s1. The zero-order valence-corrected chi connectivity index (χ0v) is 27.1. The number of hydrogen-bond acceptors (Lipinski definition) is 5. The number of benzene rings is 1. The summed E-state index contributed by atoms with van der Waals surface area (Å²) >= 11 is 0. The SMILES string of the molecule is CC(C)=CCC/C(C)=C/CN1C(=O)[C@@](O)([C@@H](C)/C=C/CC(=O)N2CCC[C@H]2CO)c2cc(N3CCCCCCC3=O)ccc21. The number of anilines is 2. The minimum Gasteiger partial charge on any atom is -0.394 e. The van der Waals surface area contributed by atoms with Crippen LogP contribution < -0.4 is 9.80 Å². The van der Waals surface area contributed by atoms with Crippen molar-refractivity contribution < 1.29 is 24.6 Å². The van der Waals surface area contributed by atoms with Crippen LogP contribution in [-0.2, 0) is 20.0 Å². The van der Waals surface area contributed by atoms with Crippen molar-refractivity contribution in [1.82, 2.24) is 4.90 Å². The van der Waals surface area contributed by atoms with Gasteiger partial charge in [-0.2, -0.15) is 0 Å². The summed E-state index contributed by atoms with van der Waals surface area (Å²) in [6, 6.07) is 5.44. The molecular formula is C36H51N3O5. The molecule has 0 radical (unpaired) electrons. The third kappa shape index (κ3) is 7.52. The number of aliphatic hydroxyl groups excluding tert-OH is 1. The van der Waals surface area contributed by atoms with Crippen LogP contribution in [0.5, 0.6) is 0 Å². The maximum atomic E-state index is 14.1. The fourth-order valence-corrected chi connectivity index (χ4v) is 6.64. The molecule has 8 nitrogen and oxygen atoms in total. The van der Waals surface area contributed by atoms with E-state index in [1.165, 1.54) is 11.1 Å². The lowest BCUT2D eigenvalue weighted by Gasteiger charge is -2.29. The molecular weight excluding hydrogens is 554 g/mol. The zero-order valence-electron chi connectivity index (χ0n) is 27.1. The van der Waals surface area contributed by atoms with Gasteiger partial charge in [0.2, 0.25) is 11.8 Å². The highest BCUT2D eigenvalue weighted by atomic mass is 16.3. The third-order valence-electron chi connectivity index (χ3n) is 9.39. The van der Waals surface area contributed by atoms with Gasteiger partial charge in [-0.1, -0.05) is 55.2 Å². The van der Waals surface area contributed by atoms with Gasteiger partial charge in [-0.15, -0.1) is 0 Å². The van der Waals surface area contributed by atoms with E-state index in [1.54, 1.807) is 33.8 Å². The van der Waals surface area contributed by atoms with Crippen LogP contribution in [0.2, 0.25) is 0 Å². The molecule has 3 aliphatic heterocycles. The van der Waals surface area contributed by atoms with E-state index < -0.39 is 17.4 Å². The van der Waals surface area contributed by atoms with Crippen LogP contribution in [0, 0.1) is 5.92 Å². The second kappa shape index (κ2) is 15.2. The van der Waals surface area contributed by atoms with Gasteiger partial charge >= 0.3 is 0 Å². The van der Waals surface area contributed by atoms with E-state index in [0.717, 1.165) is 51.4 Å². The molecule has 3 atom stereocenters. The smallest absolute Gasteiger partial charge is 0.264 e. The normalized spacial score (nSPS) is 23.6. The number of rotatable bonds is 11. The van der Waals surface area contributed by atoms with Crippen molar-refractivity contribution in [2.75, 3.05) is 36.0 Å². The summed E-state index contributed by atoms with van der Waals surface area (Å²) in [5, 5.41) is 21.9. The van der Waals surface area contributed by atoms with Crippen LogP contribution >= 0.6 is 0 Å². The van der Waals surface area contributed by atoms with E-state index in [0.29, 0.717) is 43.0 Å². The molecule has 0 spiro atoms. The van der Waals surface area contributed by atoms with Gasteiger partial charge in [-0.25, -0.2) is 0 Å². The van der Waals surface area contributed by atoms with Gasteiger partial charge in [0.1, 0.15) is 0 Å². The van der Waals surface area contributed by atoms with Crippen molar-refractivity contribution in [3.05, 3.63) is 59.2 Å². The molecule has 1 aromatic rings. The highest BCUT2D eigenvalue weighted by Crippen LogP contribution is 2.47. The zero-order chi connectivity index (χ0) is 31.9. The predicted octanol–water partition coefficient (Wildman–Crippen LogP) is 5.78. The Morgan fingerprint density at radius 3 is 2.59 bits per heavy atom. The highest BCUT2D eigenvalue weighted by molar-refractivity contribution is 6.08. The van der Waals surface area contributed by atoms with E-state index >= 15 is 0 Å². The number of allylic oxidation sites excluding steroid dienone is 3. The van der Waals surface area contributed by atoms with Crippen molar-refractivity contribution >= 4 is 29.1 Å². The lowest BCUT2D eigenvalue weighted by molar-refractivity contribution is -0.139. The first kappa shape index (κ1) is 33.7. The Morgan fingerprint density at radius 1 is 1.07 bits per heavy atom. The average Bonchev–Trinajstić information content (AvgIpc) is 3.55. The highest BCUT2D eigenvalue weighted by Gasteiger charge is 2.52. The first-order valence-electron chi connectivity index (χ1n) is 16.4. The molecule has 4 rings (SSSR count). The fourth-order valence-electron chi connectivity index (χ4n) is 6.64. The largest absolute Gasteiger partial charge is 0.394 e. The topological polar surface area (TPSA) is 101 Å². The van der Waals surface area contributed by atoms with Crippen molar-refractivity contribution in [3.63, 3.8) is 0 Å². The molecule has 2 saturated heterocycles.